The van der Waals surface area contributed by atoms with Crippen molar-refractivity contribution in [1.82, 2.24) is 28.5 Å². The van der Waals surface area contributed by atoms with E-state index in [2.05, 4.69) is 9.97 Å². The molecule has 10 heteroatoms. The van der Waals surface area contributed by atoms with Gasteiger partial charge in [0.25, 0.3) is 5.56 Å². The molecule has 5 heterocycles. The van der Waals surface area contributed by atoms with Crippen molar-refractivity contribution in [3.8, 4) is 11.5 Å². The van der Waals surface area contributed by atoms with Crippen LogP contribution >= 0.6 is 0 Å². The molecule has 10 nitrogen and oxygen atoms in total. The molecule has 5 aromatic rings. The molecule has 0 amide bonds. The van der Waals surface area contributed by atoms with Crippen LogP contribution in [0.4, 0.5) is 0 Å². The molecular weight excluding hydrogens is 424 g/mol. The van der Waals surface area contributed by atoms with Crippen LogP contribution in [-0.2, 0) is 19.5 Å². The number of H-pyrrole nitrogens is 1. The summed E-state index contributed by atoms with van der Waals surface area (Å²) in [6.07, 6.45) is 4.27. The minimum atomic E-state index is -0.470. The van der Waals surface area contributed by atoms with Crippen LogP contribution in [0.15, 0.2) is 58.4 Å². The molecule has 1 aliphatic heterocycles. The first kappa shape index (κ1) is 19.4. The molecule has 1 aromatic carbocycles. The van der Waals surface area contributed by atoms with Crippen molar-refractivity contribution in [1.29, 1.82) is 0 Å². The second kappa shape index (κ2) is 7.37. The van der Waals surface area contributed by atoms with E-state index in [-0.39, 0.29) is 6.79 Å². The Morgan fingerprint density at radius 2 is 1.94 bits per heavy atom. The molecule has 0 atom stereocenters. The van der Waals surface area contributed by atoms with Crippen molar-refractivity contribution in [2.45, 2.75) is 26.4 Å². The summed E-state index contributed by atoms with van der Waals surface area (Å²) in [5, 5.41) is 0. The monoisotopic (exact) mass is 444 g/mol. The van der Waals surface area contributed by atoms with Crippen molar-refractivity contribution >= 4 is 16.8 Å². The topological polar surface area (TPSA) is 108 Å². The van der Waals surface area contributed by atoms with Crippen LogP contribution in [0.5, 0.6) is 11.5 Å². The lowest BCUT2D eigenvalue weighted by Gasteiger charge is -2.09. The summed E-state index contributed by atoms with van der Waals surface area (Å²) in [6.45, 7) is 2.80. The van der Waals surface area contributed by atoms with Crippen LogP contribution in [0.2, 0.25) is 0 Å². The maximum absolute atomic E-state index is 12.9. The smallest absolute Gasteiger partial charge is 0.330 e. The quantitative estimate of drug-likeness (QED) is 0.444. The van der Waals surface area contributed by atoms with Gasteiger partial charge in [-0.15, -0.1) is 0 Å². The fourth-order valence-electron chi connectivity index (χ4n) is 4.27. The Bertz CT molecular complexity index is 1610. The molecule has 6 rings (SSSR count). The molecule has 0 spiro atoms. The first-order valence-corrected chi connectivity index (χ1v) is 10.6. The minimum absolute atomic E-state index is 0.189. The summed E-state index contributed by atoms with van der Waals surface area (Å²) in [5.74, 6) is 2.00. The van der Waals surface area contributed by atoms with Crippen LogP contribution in [0, 0.1) is 0 Å². The fraction of sp³-hybridized carbons (Fsp3) is 0.217. The third-order valence-corrected chi connectivity index (χ3v) is 5.81. The van der Waals surface area contributed by atoms with E-state index in [0.29, 0.717) is 48.0 Å². The first-order chi connectivity index (χ1) is 16.1. The number of aromatic amines is 1. The molecule has 0 unspecified atom stereocenters. The highest BCUT2D eigenvalue weighted by Crippen LogP contribution is 2.33. The standard InChI is InChI=1S/C23H20N6O4/c1-2-28-21-20(22(30)26-23(28)31)29(11-14-6-7-16-17(9-14)33-13-32-16)19(25-21)10-15-12-27-8-4-3-5-18(27)24-15/h3-9,12H,2,10-11,13H2,1H3,(H,26,30,31). The highest BCUT2D eigenvalue weighted by Gasteiger charge is 2.21. The Labute approximate surface area is 186 Å². The number of aromatic nitrogens is 6. The number of imidazole rings is 2. The number of hydrogen-bond donors (Lipinski definition) is 1. The van der Waals surface area contributed by atoms with Gasteiger partial charge in [-0.2, -0.15) is 0 Å². The Balaban J connectivity index is 1.51. The van der Waals surface area contributed by atoms with Crippen LogP contribution < -0.4 is 20.7 Å². The lowest BCUT2D eigenvalue weighted by molar-refractivity contribution is 0.174. The Morgan fingerprint density at radius 3 is 2.79 bits per heavy atom. The molecule has 0 fully saturated rings. The van der Waals surface area contributed by atoms with E-state index >= 15 is 0 Å². The Kier molecular flexibility index (Phi) is 4.32. The van der Waals surface area contributed by atoms with Crippen molar-refractivity contribution in [2.75, 3.05) is 6.79 Å². The number of rotatable bonds is 5. The van der Waals surface area contributed by atoms with Crippen molar-refractivity contribution in [3.05, 3.63) is 86.7 Å². The maximum atomic E-state index is 12.9. The van der Waals surface area contributed by atoms with Crippen LogP contribution in [0.1, 0.15) is 24.0 Å². The van der Waals surface area contributed by atoms with Gasteiger partial charge in [-0.05, 0) is 36.8 Å². The van der Waals surface area contributed by atoms with Crippen molar-refractivity contribution < 1.29 is 9.47 Å². The first-order valence-electron chi connectivity index (χ1n) is 10.6. The molecular formula is C23H20N6O4. The number of benzene rings is 1. The summed E-state index contributed by atoms with van der Waals surface area (Å²) in [5.41, 5.74) is 2.35. The van der Waals surface area contributed by atoms with E-state index in [9.17, 15) is 9.59 Å². The second-order valence-corrected chi connectivity index (χ2v) is 7.85. The zero-order valence-electron chi connectivity index (χ0n) is 17.8. The molecule has 33 heavy (non-hydrogen) atoms. The third kappa shape index (κ3) is 3.18. The lowest BCUT2D eigenvalue weighted by Crippen LogP contribution is -2.30. The molecule has 0 bridgehead atoms. The van der Waals surface area contributed by atoms with Crippen molar-refractivity contribution in [3.63, 3.8) is 0 Å². The number of ether oxygens (including phenoxy) is 2. The van der Waals surface area contributed by atoms with Gasteiger partial charge in [0.1, 0.15) is 11.5 Å². The fourth-order valence-corrected chi connectivity index (χ4v) is 4.27. The zero-order valence-corrected chi connectivity index (χ0v) is 17.8. The molecule has 0 saturated carbocycles. The highest BCUT2D eigenvalue weighted by atomic mass is 16.7. The third-order valence-electron chi connectivity index (χ3n) is 5.81. The van der Waals surface area contributed by atoms with Crippen LogP contribution in [0.3, 0.4) is 0 Å². The van der Waals surface area contributed by atoms with Gasteiger partial charge in [0.05, 0.1) is 5.69 Å². The molecule has 166 valence electrons. The SMILES string of the molecule is CCn1c(=O)[nH]c(=O)c2c1nc(Cc1cn3ccccc3n1)n2Cc1ccc2c(c1)OCO2. The minimum Gasteiger partial charge on any atom is -0.454 e. The van der Waals surface area contributed by atoms with Gasteiger partial charge >= 0.3 is 5.69 Å². The van der Waals surface area contributed by atoms with Gasteiger partial charge < -0.3 is 18.4 Å². The lowest BCUT2D eigenvalue weighted by atomic mass is 10.2. The van der Waals surface area contributed by atoms with Gasteiger partial charge in [0.15, 0.2) is 22.7 Å². The predicted octanol–water partition coefficient (Wildman–Crippen LogP) is 1.92. The number of nitrogens with one attached hydrogen (secondary N) is 1. The Hall–Kier alpha value is -4.34. The van der Waals surface area contributed by atoms with E-state index in [1.807, 2.05) is 64.7 Å². The predicted molar refractivity (Wildman–Crippen MR) is 120 cm³/mol. The van der Waals surface area contributed by atoms with Gasteiger partial charge in [-0.3, -0.25) is 14.3 Å². The molecule has 4 aromatic heterocycles. The molecule has 0 radical (unpaired) electrons. The normalized spacial score (nSPS) is 12.8. The number of hydrogen-bond acceptors (Lipinski definition) is 6. The summed E-state index contributed by atoms with van der Waals surface area (Å²) < 4.78 is 16.2. The number of aryl methyl sites for hydroxylation is 1. The van der Waals surface area contributed by atoms with E-state index in [1.165, 1.54) is 4.57 Å². The molecule has 1 aliphatic rings. The van der Waals surface area contributed by atoms with Crippen LogP contribution in [-0.4, -0.2) is 35.3 Å². The number of pyridine rings is 1. The maximum Gasteiger partial charge on any atom is 0.330 e. The van der Waals surface area contributed by atoms with E-state index in [4.69, 9.17) is 14.5 Å². The Morgan fingerprint density at radius 1 is 1.06 bits per heavy atom. The largest absolute Gasteiger partial charge is 0.454 e. The van der Waals surface area contributed by atoms with Gasteiger partial charge in [-0.1, -0.05) is 12.1 Å². The van der Waals surface area contributed by atoms with Gasteiger partial charge in [0, 0.05) is 31.9 Å². The van der Waals surface area contributed by atoms with Gasteiger partial charge in [0.2, 0.25) is 6.79 Å². The number of nitrogens with zero attached hydrogens (tertiary/aromatic N) is 5. The van der Waals surface area contributed by atoms with Gasteiger partial charge in [-0.25, -0.2) is 14.8 Å². The summed E-state index contributed by atoms with van der Waals surface area (Å²) >= 11 is 0. The highest BCUT2D eigenvalue weighted by molar-refractivity contribution is 5.71. The van der Waals surface area contributed by atoms with E-state index in [0.717, 1.165) is 16.9 Å². The average Bonchev–Trinajstić information content (AvgIpc) is 3.51. The van der Waals surface area contributed by atoms with E-state index < -0.39 is 11.2 Å². The van der Waals surface area contributed by atoms with Crippen molar-refractivity contribution in [2.24, 2.45) is 0 Å². The van der Waals surface area contributed by atoms with Crippen LogP contribution in [0.25, 0.3) is 16.8 Å². The average molecular weight is 444 g/mol. The summed E-state index contributed by atoms with van der Waals surface area (Å²) in [4.78, 5) is 37.1. The summed E-state index contributed by atoms with van der Waals surface area (Å²) in [7, 11) is 0. The molecule has 0 saturated heterocycles. The zero-order chi connectivity index (χ0) is 22.5. The second-order valence-electron chi connectivity index (χ2n) is 7.85. The number of fused-ring (bicyclic) bond motifs is 3. The summed E-state index contributed by atoms with van der Waals surface area (Å²) in [6, 6.07) is 11.5. The molecule has 1 N–H and O–H groups in total. The molecule has 0 aliphatic carbocycles. The van der Waals surface area contributed by atoms with E-state index in [1.54, 1.807) is 0 Å².